The van der Waals surface area contributed by atoms with Crippen molar-refractivity contribution in [2.24, 2.45) is 0 Å². The molecule has 6 heteroatoms. The zero-order valence-corrected chi connectivity index (χ0v) is 12.0. The summed E-state index contributed by atoms with van der Waals surface area (Å²) in [4.78, 5) is 8.65. The van der Waals surface area contributed by atoms with Gasteiger partial charge in [0, 0.05) is 17.0 Å². The first kappa shape index (κ1) is 14.3. The Bertz CT molecular complexity index is 694. The zero-order chi connectivity index (χ0) is 15.2. The Hall–Kier alpha value is -1.62. The van der Waals surface area contributed by atoms with Gasteiger partial charge in [-0.25, -0.2) is 9.97 Å². The van der Waals surface area contributed by atoms with Gasteiger partial charge >= 0.3 is 6.18 Å². The third kappa shape index (κ3) is 2.88. The molecule has 0 atom stereocenters. The van der Waals surface area contributed by atoms with Crippen molar-refractivity contribution >= 4 is 11.6 Å². The fourth-order valence-electron chi connectivity index (χ4n) is 2.15. The van der Waals surface area contributed by atoms with Gasteiger partial charge in [-0.05, 0) is 31.9 Å². The molecular weight excluding hydrogens is 301 g/mol. The van der Waals surface area contributed by atoms with E-state index in [9.17, 15) is 13.2 Å². The van der Waals surface area contributed by atoms with Crippen LogP contribution in [0, 0.1) is 6.92 Å². The van der Waals surface area contributed by atoms with Crippen LogP contribution in [0.1, 0.15) is 35.7 Å². The Morgan fingerprint density at radius 2 is 1.90 bits per heavy atom. The van der Waals surface area contributed by atoms with Gasteiger partial charge in [0.2, 0.25) is 0 Å². The fourth-order valence-corrected chi connectivity index (χ4v) is 2.33. The van der Waals surface area contributed by atoms with Gasteiger partial charge in [-0.15, -0.1) is 0 Å². The minimum absolute atomic E-state index is 0.285. The quantitative estimate of drug-likeness (QED) is 0.729. The van der Waals surface area contributed by atoms with Gasteiger partial charge in [0.1, 0.15) is 11.0 Å². The van der Waals surface area contributed by atoms with Crippen LogP contribution in [-0.4, -0.2) is 9.97 Å². The number of hydrogen-bond acceptors (Lipinski definition) is 2. The first-order valence-electron chi connectivity index (χ1n) is 6.58. The van der Waals surface area contributed by atoms with Crippen LogP contribution >= 0.6 is 11.6 Å². The molecule has 0 aliphatic heterocycles. The van der Waals surface area contributed by atoms with Gasteiger partial charge in [0.15, 0.2) is 0 Å². The Kier molecular flexibility index (Phi) is 3.40. The molecule has 3 rings (SSSR count). The monoisotopic (exact) mass is 312 g/mol. The van der Waals surface area contributed by atoms with Gasteiger partial charge in [-0.3, -0.25) is 0 Å². The lowest BCUT2D eigenvalue weighted by atomic mass is 10.0. The average Bonchev–Trinajstić information content (AvgIpc) is 3.25. The molecule has 2 nitrogen and oxygen atoms in total. The molecule has 1 heterocycles. The van der Waals surface area contributed by atoms with Crippen molar-refractivity contribution in [3.05, 3.63) is 46.4 Å². The minimum atomic E-state index is -4.37. The smallest absolute Gasteiger partial charge is 0.232 e. The molecule has 0 unspecified atom stereocenters. The maximum absolute atomic E-state index is 12.8. The second-order valence-corrected chi connectivity index (χ2v) is 5.56. The molecule has 0 amide bonds. The summed E-state index contributed by atoms with van der Waals surface area (Å²) >= 11 is 6.10. The topological polar surface area (TPSA) is 25.8 Å². The predicted octanol–water partition coefficient (Wildman–Crippen LogP) is 5.00. The van der Waals surface area contributed by atoms with Gasteiger partial charge in [0.05, 0.1) is 11.3 Å². The van der Waals surface area contributed by atoms with Gasteiger partial charge in [-0.2, -0.15) is 13.2 Å². The lowest BCUT2D eigenvalue weighted by molar-refractivity contribution is -0.137. The molecule has 0 N–H and O–H groups in total. The molecular formula is C15H12ClF3N2. The Morgan fingerprint density at radius 3 is 2.52 bits per heavy atom. The minimum Gasteiger partial charge on any atom is -0.232 e. The first-order valence-corrected chi connectivity index (χ1v) is 6.95. The molecule has 2 aromatic rings. The molecule has 1 aromatic heterocycles. The standard InChI is InChI=1S/C15H12ClF3N2/c1-8-12(20-14(9-5-6-9)21-13(8)16)10-3-2-4-11(7-10)15(17,18)19/h2-4,7,9H,5-6H2,1H3. The van der Waals surface area contributed by atoms with E-state index in [2.05, 4.69) is 9.97 Å². The number of halogens is 4. The lowest BCUT2D eigenvalue weighted by Crippen LogP contribution is -2.05. The van der Waals surface area contributed by atoms with E-state index in [-0.39, 0.29) is 5.92 Å². The SMILES string of the molecule is Cc1c(Cl)nc(C2CC2)nc1-c1cccc(C(F)(F)F)c1. The highest BCUT2D eigenvalue weighted by Crippen LogP contribution is 2.40. The van der Waals surface area contributed by atoms with Crippen LogP contribution in [0.5, 0.6) is 0 Å². The number of aromatic nitrogens is 2. The van der Waals surface area contributed by atoms with E-state index in [1.165, 1.54) is 6.07 Å². The predicted molar refractivity (Wildman–Crippen MR) is 74.2 cm³/mol. The second-order valence-electron chi connectivity index (χ2n) is 5.20. The summed E-state index contributed by atoms with van der Waals surface area (Å²) in [5.41, 5.74) is 0.791. The Labute approximate surface area is 125 Å². The maximum atomic E-state index is 12.8. The van der Waals surface area contributed by atoms with Crippen LogP contribution in [0.2, 0.25) is 5.15 Å². The molecule has 1 aliphatic carbocycles. The number of rotatable bonds is 2. The first-order chi connectivity index (χ1) is 9.86. The summed E-state index contributed by atoms with van der Waals surface area (Å²) in [6.07, 6.45) is -2.37. The highest BCUT2D eigenvalue weighted by Gasteiger charge is 2.31. The largest absolute Gasteiger partial charge is 0.416 e. The van der Waals surface area contributed by atoms with Crippen molar-refractivity contribution < 1.29 is 13.2 Å². The molecule has 0 saturated heterocycles. The van der Waals surface area contributed by atoms with Gasteiger partial charge in [-0.1, -0.05) is 23.7 Å². The van der Waals surface area contributed by atoms with Crippen LogP contribution in [0.4, 0.5) is 13.2 Å². The summed E-state index contributed by atoms with van der Waals surface area (Å²) in [6.45, 7) is 1.72. The molecule has 1 fully saturated rings. The van der Waals surface area contributed by atoms with Crippen molar-refractivity contribution in [2.75, 3.05) is 0 Å². The van der Waals surface area contributed by atoms with E-state index in [1.54, 1.807) is 13.0 Å². The summed E-state index contributed by atoms with van der Waals surface area (Å²) in [7, 11) is 0. The lowest BCUT2D eigenvalue weighted by Gasteiger charge is -2.12. The van der Waals surface area contributed by atoms with Crippen LogP contribution in [0.3, 0.4) is 0 Å². The number of nitrogens with zero attached hydrogens (tertiary/aromatic N) is 2. The Balaban J connectivity index is 2.11. The van der Waals surface area contributed by atoms with E-state index in [0.29, 0.717) is 27.8 Å². The number of hydrogen-bond donors (Lipinski definition) is 0. The molecule has 1 aromatic carbocycles. The maximum Gasteiger partial charge on any atom is 0.416 e. The fraction of sp³-hybridized carbons (Fsp3) is 0.333. The summed E-state index contributed by atoms with van der Waals surface area (Å²) in [5, 5.41) is 0.305. The van der Waals surface area contributed by atoms with E-state index >= 15 is 0 Å². The third-order valence-corrected chi connectivity index (χ3v) is 3.88. The van der Waals surface area contributed by atoms with Crippen molar-refractivity contribution in [3.8, 4) is 11.3 Å². The number of benzene rings is 1. The van der Waals surface area contributed by atoms with Crippen LogP contribution < -0.4 is 0 Å². The van der Waals surface area contributed by atoms with Crippen LogP contribution in [0.15, 0.2) is 24.3 Å². The van der Waals surface area contributed by atoms with E-state index in [0.717, 1.165) is 25.0 Å². The number of alkyl halides is 3. The van der Waals surface area contributed by atoms with Gasteiger partial charge in [0.25, 0.3) is 0 Å². The van der Waals surface area contributed by atoms with E-state index in [1.807, 2.05) is 0 Å². The molecule has 1 aliphatic rings. The highest BCUT2D eigenvalue weighted by molar-refractivity contribution is 6.30. The molecule has 0 bridgehead atoms. The molecule has 1 saturated carbocycles. The third-order valence-electron chi connectivity index (χ3n) is 3.51. The Morgan fingerprint density at radius 1 is 1.19 bits per heavy atom. The zero-order valence-electron chi connectivity index (χ0n) is 11.2. The van der Waals surface area contributed by atoms with Crippen molar-refractivity contribution in [1.29, 1.82) is 0 Å². The van der Waals surface area contributed by atoms with Crippen molar-refractivity contribution in [1.82, 2.24) is 9.97 Å². The molecule has 0 spiro atoms. The summed E-state index contributed by atoms with van der Waals surface area (Å²) in [6, 6.07) is 5.13. The van der Waals surface area contributed by atoms with E-state index < -0.39 is 11.7 Å². The van der Waals surface area contributed by atoms with Crippen LogP contribution in [-0.2, 0) is 6.18 Å². The normalized spacial score (nSPS) is 15.3. The van der Waals surface area contributed by atoms with Crippen LogP contribution in [0.25, 0.3) is 11.3 Å². The molecule has 21 heavy (non-hydrogen) atoms. The molecule has 0 radical (unpaired) electrons. The summed E-state index contributed by atoms with van der Waals surface area (Å²) < 4.78 is 38.5. The molecule has 110 valence electrons. The van der Waals surface area contributed by atoms with Crippen molar-refractivity contribution in [2.45, 2.75) is 31.9 Å². The summed E-state index contributed by atoms with van der Waals surface area (Å²) in [5.74, 6) is 0.908. The second kappa shape index (κ2) is 4.98. The van der Waals surface area contributed by atoms with Crippen molar-refractivity contribution in [3.63, 3.8) is 0 Å². The average molecular weight is 313 g/mol. The van der Waals surface area contributed by atoms with E-state index in [4.69, 9.17) is 11.6 Å². The van der Waals surface area contributed by atoms with Gasteiger partial charge < -0.3 is 0 Å². The highest BCUT2D eigenvalue weighted by atomic mass is 35.5.